The van der Waals surface area contributed by atoms with E-state index < -0.39 is 9.84 Å². The standard InChI is InChI=1S/C9H18O4S2/c1-7(9(10)13-3)8(2)14-5-6-15(4,11)12/h7-8H,5-6H2,1-4H3. The molecule has 90 valence electrons. The number of thioether (sulfide) groups is 1. The van der Waals surface area contributed by atoms with E-state index in [1.54, 1.807) is 6.92 Å². The predicted octanol–water partition coefficient (Wildman–Crippen LogP) is 0.962. The third-order valence-corrected chi connectivity index (χ3v) is 4.69. The molecule has 6 heteroatoms. The Kier molecular flexibility index (Phi) is 6.28. The summed E-state index contributed by atoms with van der Waals surface area (Å²) in [4.78, 5) is 11.2. The highest BCUT2D eigenvalue weighted by Gasteiger charge is 2.21. The Morgan fingerprint density at radius 2 is 1.93 bits per heavy atom. The first kappa shape index (κ1) is 14.8. The maximum atomic E-state index is 11.2. The highest BCUT2D eigenvalue weighted by Crippen LogP contribution is 2.20. The first-order valence-electron chi connectivity index (χ1n) is 4.65. The van der Waals surface area contributed by atoms with Gasteiger partial charge in [-0.05, 0) is 0 Å². The summed E-state index contributed by atoms with van der Waals surface area (Å²) in [6.07, 6.45) is 1.21. The molecule has 0 bridgehead atoms. The van der Waals surface area contributed by atoms with Crippen molar-refractivity contribution in [2.75, 3.05) is 24.9 Å². The first-order chi connectivity index (χ1) is 6.78. The zero-order chi connectivity index (χ0) is 12.1. The summed E-state index contributed by atoms with van der Waals surface area (Å²) in [6.45, 7) is 3.68. The largest absolute Gasteiger partial charge is 0.469 e. The summed E-state index contributed by atoms with van der Waals surface area (Å²) in [7, 11) is -1.55. The number of methoxy groups -OCH3 is 1. The summed E-state index contributed by atoms with van der Waals surface area (Å²) < 4.78 is 26.3. The summed E-state index contributed by atoms with van der Waals surface area (Å²) in [6, 6.07) is 0. The predicted molar refractivity (Wildman–Crippen MR) is 62.8 cm³/mol. The molecule has 0 heterocycles. The van der Waals surface area contributed by atoms with Crippen LogP contribution in [-0.4, -0.2) is 44.5 Å². The number of rotatable bonds is 6. The van der Waals surface area contributed by atoms with Crippen molar-refractivity contribution in [3.05, 3.63) is 0 Å². The van der Waals surface area contributed by atoms with E-state index in [2.05, 4.69) is 4.74 Å². The van der Waals surface area contributed by atoms with Gasteiger partial charge in [0.2, 0.25) is 0 Å². The van der Waals surface area contributed by atoms with Crippen LogP contribution in [0.15, 0.2) is 0 Å². The summed E-state index contributed by atoms with van der Waals surface area (Å²) in [5.74, 6) is 0.200. The summed E-state index contributed by atoms with van der Waals surface area (Å²) >= 11 is 1.48. The van der Waals surface area contributed by atoms with Gasteiger partial charge in [-0.3, -0.25) is 4.79 Å². The molecule has 0 saturated carbocycles. The molecule has 0 spiro atoms. The van der Waals surface area contributed by atoms with E-state index in [1.165, 1.54) is 25.1 Å². The Morgan fingerprint density at radius 3 is 2.33 bits per heavy atom. The Hall–Kier alpha value is -0.230. The van der Waals surface area contributed by atoms with Crippen molar-refractivity contribution in [2.45, 2.75) is 19.1 Å². The lowest BCUT2D eigenvalue weighted by Gasteiger charge is -2.16. The lowest BCUT2D eigenvalue weighted by molar-refractivity contribution is -0.144. The zero-order valence-corrected chi connectivity index (χ0v) is 11.2. The minimum atomic E-state index is -2.91. The molecule has 0 aromatic rings. The van der Waals surface area contributed by atoms with Crippen molar-refractivity contribution < 1.29 is 17.9 Å². The van der Waals surface area contributed by atoms with E-state index in [9.17, 15) is 13.2 Å². The number of carbonyl (C=O) groups is 1. The lowest BCUT2D eigenvalue weighted by Crippen LogP contribution is -2.23. The topological polar surface area (TPSA) is 60.4 Å². The number of hydrogen-bond acceptors (Lipinski definition) is 5. The average molecular weight is 254 g/mol. The number of hydrogen-bond donors (Lipinski definition) is 0. The molecular weight excluding hydrogens is 236 g/mol. The number of esters is 1. The Bertz CT molecular complexity index is 297. The van der Waals surface area contributed by atoms with Gasteiger partial charge in [-0.1, -0.05) is 13.8 Å². The van der Waals surface area contributed by atoms with Crippen LogP contribution in [-0.2, 0) is 19.4 Å². The van der Waals surface area contributed by atoms with Crippen molar-refractivity contribution in [3.63, 3.8) is 0 Å². The van der Waals surface area contributed by atoms with E-state index in [0.717, 1.165) is 0 Å². The van der Waals surface area contributed by atoms with Crippen molar-refractivity contribution >= 4 is 27.6 Å². The van der Waals surface area contributed by atoms with Crippen LogP contribution in [0, 0.1) is 5.92 Å². The van der Waals surface area contributed by atoms with E-state index in [-0.39, 0.29) is 22.9 Å². The lowest BCUT2D eigenvalue weighted by atomic mass is 10.1. The van der Waals surface area contributed by atoms with Crippen molar-refractivity contribution in [3.8, 4) is 0 Å². The molecule has 0 amide bonds. The van der Waals surface area contributed by atoms with Gasteiger partial charge in [-0.15, -0.1) is 0 Å². The van der Waals surface area contributed by atoms with Crippen LogP contribution in [0.1, 0.15) is 13.8 Å². The third kappa shape index (κ3) is 6.78. The highest BCUT2D eigenvalue weighted by molar-refractivity contribution is 8.01. The molecule has 0 aliphatic carbocycles. The zero-order valence-electron chi connectivity index (χ0n) is 9.52. The number of carbonyl (C=O) groups excluding carboxylic acids is 1. The first-order valence-corrected chi connectivity index (χ1v) is 7.76. The van der Waals surface area contributed by atoms with Crippen LogP contribution in [0.5, 0.6) is 0 Å². The van der Waals surface area contributed by atoms with Crippen LogP contribution < -0.4 is 0 Å². The second-order valence-corrected chi connectivity index (χ2v) is 7.26. The molecule has 0 aliphatic rings. The molecule has 0 N–H and O–H groups in total. The summed E-state index contributed by atoms with van der Waals surface area (Å²) in [5, 5.41) is 0.0687. The van der Waals surface area contributed by atoms with E-state index in [4.69, 9.17) is 0 Å². The van der Waals surface area contributed by atoms with E-state index in [1.807, 2.05) is 6.92 Å². The molecule has 2 atom stereocenters. The minimum Gasteiger partial charge on any atom is -0.469 e. The monoisotopic (exact) mass is 254 g/mol. The fraction of sp³-hybridized carbons (Fsp3) is 0.889. The van der Waals surface area contributed by atoms with Gasteiger partial charge in [0.15, 0.2) is 0 Å². The van der Waals surface area contributed by atoms with Gasteiger partial charge >= 0.3 is 5.97 Å². The molecule has 15 heavy (non-hydrogen) atoms. The van der Waals surface area contributed by atoms with E-state index >= 15 is 0 Å². The number of sulfone groups is 1. The van der Waals surface area contributed by atoms with Crippen molar-refractivity contribution in [1.29, 1.82) is 0 Å². The molecular formula is C9H18O4S2. The maximum Gasteiger partial charge on any atom is 0.309 e. The molecule has 0 fully saturated rings. The smallest absolute Gasteiger partial charge is 0.309 e. The molecule has 0 radical (unpaired) electrons. The van der Waals surface area contributed by atoms with Gasteiger partial charge in [0.1, 0.15) is 9.84 Å². The quantitative estimate of drug-likeness (QED) is 0.661. The van der Waals surface area contributed by atoms with Crippen LogP contribution >= 0.6 is 11.8 Å². The van der Waals surface area contributed by atoms with Gasteiger partial charge in [-0.25, -0.2) is 8.42 Å². The fourth-order valence-corrected chi connectivity index (χ4v) is 3.27. The Balaban J connectivity index is 3.94. The fourth-order valence-electron chi connectivity index (χ4n) is 0.907. The van der Waals surface area contributed by atoms with E-state index in [0.29, 0.717) is 5.75 Å². The second kappa shape index (κ2) is 6.37. The van der Waals surface area contributed by atoms with Gasteiger partial charge in [0.05, 0.1) is 18.8 Å². The van der Waals surface area contributed by atoms with Crippen LogP contribution in [0.4, 0.5) is 0 Å². The van der Waals surface area contributed by atoms with Crippen LogP contribution in [0.2, 0.25) is 0 Å². The normalized spacial score (nSPS) is 15.7. The van der Waals surface area contributed by atoms with Crippen molar-refractivity contribution in [1.82, 2.24) is 0 Å². The summed E-state index contributed by atoms with van der Waals surface area (Å²) in [5.41, 5.74) is 0. The molecule has 0 aliphatic heterocycles. The molecule has 0 rings (SSSR count). The van der Waals surface area contributed by atoms with Crippen LogP contribution in [0.3, 0.4) is 0 Å². The molecule has 0 saturated heterocycles. The molecule has 2 unspecified atom stereocenters. The van der Waals surface area contributed by atoms with Crippen LogP contribution in [0.25, 0.3) is 0 Å². The van der Waals surface area contributed by atoms with Crippen molar-refractivity contribution in [2.24, 2.45) is 5.92 Å². The number of ether oxygens (including phenoxy) is 1. The Labute approximate surface area is 95.7 Å². The SMILES string of the molecule is COC(=O)C(C)C(C)SCCS(C)(=O)=O. The third-order valence-electron chi connectivity index (χ3n) is 2.11. The molecule has 4 nitrogen and oxygen atoms in total. The van der Waals surface area contributed by atoms with Gasteiger partial charge < -0.3 is 4.74 Å². The maximum absolute atomic E-state index is 11.2. The van der Waals surface area contributed by atoms with Gasteiger partial charge in [-0.2, -0.15) is 11.8 Å². The Morgan fingerprint density at radius 1 is 1.40 bits per heavy atom. The van der Waals surface area contributed by atoms with Gasteiger partial charge in [0, 0.05) is 17.3 Å². The highest BCUT2D eigenvalue weighted by atomic mass is 32.2. The van der Waals surface area contributed by atoms with Gasteiger partial charge in [0.25, 0.3) is 0 Å². The molecule has 0 aromatic heterocycles. The molecule has 0 aromatic carbocycles. The second-order valence-electron chi connectivity index (χ2n) is 3.52. The minimum absolute atomic E-state index is 0.0687. The average Bonchev–Trinajstić information content (AvgIpc) is 2.13.